The van der Waals surface area contributed by atoms with Crippen molar-refractivity contribution >= 4 is 17.5 Å². The number of primary amides is 1. The molecular formula is C21H18F3N5O3. The minimum atomic E-state index is -4.51. The van der Waals surface area contributed by atoms with Crippen LogP contribution in [0.2, 0.25) is 0 Å². The lowest BCUT2D eigenvalue weighted by atomic mass is 10.2. The maximum atomic E-state index is 12.8. The van der Waals surface area contributed by atoms with Crippen LogP contribution in [0.1, 0.15) is 29.9 Å². The first-order valence-electron chi connectivity index (χ1n) is 9.30. The molecule has 0 saturated carbocycles. The van der Waals surface area contributed by atoms with Crippen molar-refractivity contribution in [1.82, 2.24) is 15.0 Å². The lowest BCUT2D eigenvalue weighted by molar-refractivity contribution is -0.137. The van der Waals surface area contributed by atoms with Crippen molar-refractivity contribution in [2.75, 3.05) is 5.32 Å². The third kappa shape index (κ3) is 5.56. The number of nitrogens with one attached hydrogen (secondary N) is 1. The monoisotopic (exact) mass is 445 g/mol. The van der Waals surface area contributed by atoms with Crippen LogP contribution in [0.4, 0.5) is 19.0 Å². The van der Waals surface area contributed by atoms with Crippen LogP contribution in [-0.2, 0) is 11.0 Å². The van der Waals surface area contributed by atoms with Gasteiger partial charge in [-0.2, -0.15) is 13.2 Å². The van der Waals surface area contributed by atoms with Gasteiger partial charge in [-0.3, -0.25) is 9.59 Å². The van der Waals surface area contributed by atoms with Gasteiger partial charge in [0.25, 0.3) is 0 Å². The Morgan fingerprint density at radius 3 is 2.38 bits per heavy atom. The van der Waals surface area contributed by atoms with Crippen molar-refractivity contribution in [2.24, 2.45) is 5.73 Å². The highest BCUT2D eigenvalue weighted by Gasteiger charge is 2.31. The predicted octanol–water partition coefficient (Wildman–Crippen LogP) is 3.84. The zero-order valence-electron chi connectivity index (χ0n) is 17.0. The van der Waals surface area contributed by atoms with Gasteiger partial charge in [0.15, 0.2) is 11.6 Å². The second-order valence-electron chi connectivity index (χ2n) is 6.79. The number of alkyl halides is 3. The van der Waals surface area contributed by atoms with E-state index < -0.39 is 23.7 Å². The fourth-order valence-electron chi connectivity index (χ4n) is 2.56. The number of ketones is 1. The summed E-state index contributed by atoms with van der Waals surface area (Å²) >= 11 is 0. The molecule has 0 aliphatic heterocycles. The van der Waals surface area contributed by atoms with Crippen LogP contribution in [-0.4, -0.2) is 32.7 Å². The SMILES string of the molecule is CC(=O)c1cc(N[C@@H](C)C(N)=O)nc(-c2ccc(Oc3cc(C(F)(F)F)ccn3)cc2)n1. The van der Waals surface area contributed by atoms with E-state index in [4.69, 9.17) is 10.5 Å². The van der Waals surface area contributed by atoms with E-state index in [1.54, 1.807) is 19.1 Å². The summed E-state index contributed by atoms with van der Waals surface area (Å²) in [5, 5.41) is 2.81. The molecule has 3 N–H and O–H groups in total. The average Bonchev–Trinajstić information content (AvgIpc) is 2.73. The highest BCUT2D eigenvalue weighted by molar-refractivity contribution is 5.93. The molecule has 0 saturated heterocycles. The van der Waals surface area contributed by atoms with Gasteiger partial charge in [-0.05, 0) is 37.3 Å². The van der Waals surface area contributed by atoms with E-state index in [-0.39, 0.29) is 34.7 Å². The number of pyridine rings is 1. The molecule has 166 valence electrons. The summed E-state index contributed by atoms with van der Waals surface area (Å²) in [4.78, 5) is 35.4. The Labute approximate surface area is 180 Å². The highest BCUT2D eigenvalue weighted by Crippen LogP contribution is 2.32. The minimum absolute atomic E-state index is 0.127. The van der Waals surface area contributed by atoms with Crippen LogP contribution in [0.15, 0.2) is 48.7 Å². The molecule has 0 aliphatic carbocycles. The second kappa shape index (κ2) is 9.00. The maximum Gasteiger partial charge on any atom is 0.416 e. The molecule has 1 amide bonds. The smallest absolute Gasteiger partial charge is 0.416 e. The summed E-state index contributed by atoms with van der Waals surface area (Å²) in [5.41, 5.74) is 5.01. The summed E-state index contributed by atoms with van der Waals surface area (Å²) in [6, 6.07) is 8.47. The summed E-state index contributed by atoms with van der Waals surface area (Å²) in [5.74, 6) is -0.447. The molecule has 32 heavy (non-hydrogen) atoms. The molecule has 0 fully saturated rings. The van der Waals surface area contributed by atoms with Gasteiger partial charge in [0, 0.05) is 30.8 Å². The molecule has 0 bridgehead atoms. The van der Waals surface area contributed by atoms with Crippen LogP contribution in [0.25, 0.3) is 11.4 Å². The molecule has 3 aromatic rings. The van der Waals surface area contributed by atoms with Crippen molar-refractivity contribution in [1.29, 1.82) is 0 Å². The van der Waals surface area contributed by atoms with Gasteiger partial charge in [0.2, 0.25) is 11.8 Å². The molecule has 0 radical (unpaired) electrons. The van der Waals surface area contributed by atoms with E-state index in [0.717, 1.165) is 18.3 Å². The number of halogens is 3. The van der Waals surface area contributed by atoms with Crippen molar-refractivity contribution in [3.63, 3.8) is 0 Å². The standard InChI is InChI=1S/C21H18F3N5O3/c1-11(19(25)31)27-17-10-16(12(2)30)28-20(29-17)13-3-5-15(6-4-13)32-18-9-14(7-8-26-18)21(22,23)24/h3-11H,1-2H3,(H2,25,31)(H,27,28,29)/t11-/m0/s1. The number of anilines is 1. The van der Waals surface area contributed by atoms with Crippen LogP contribution in [0.5, 0.6) is 11.6 Å². The van der Waals surface area contributed by atoms with Crippen LogP contribution < -0.4 is 15.8 Å². The minimum Gasteiger partial charge on any atom is -0.439 e. The van der Waals surface area contributed by atoms with Crippen LogP contribution in [0.3, 0.4) is 0 Å². The number of benzene rings is 1. The molecule has 3 rings (SSSR count). The Morgan fingerprint density at radius 1 is 1.09 bits per heavy atom. The van der Waals surface area contributed by atoms with Gasteiger partial charge in [-0.25, -0.2) is 15.0 Å². The van der Waals surface area contributed by atoms with Gasteiger partial charge in [0.05, 0.1) is 5.56 Å². The molecule has 0 unspecified atom stereocenters. The number of hydrogen-bond donors (Lipinski definition) is 2. The topological polar surface area (TPSA) is 120 Å². The zero-order chi connectivity index (χ0) is 23.5. The molecule has 1 aromatic carbocycles. The van der Waals surface area contributed by atoms with E-state index in [9.17, 15) is 22.8 Å². The quantitative estimate of drug-likeness (QED) is 0.530. The summed E-state index contributed by atoms with van der Waals surface area (Å²) in [6.45, 7) is 2.89. The van der Waals surface area contributed by atoms with E-state index in [2.05, 4.69) is 20.3 Å². The number of carbonyl (C=O) groups is 2. The lowest BCUT2D eigenvalue weighted by Crippen LogP contribution is -2.32. The Balaban J connectivity index is 1.86. The van der Waals surface area contributed by atoms with Gasteiger partial charge in [-0.1, -0.05) is 0 Å². The Hall–Kier alpha value is -4.02. The van der Waals surface area contributed by atoms with E-state index in [0.29, 0.717) is 5.56 Å². The van der Waals surface area contributed by atoms with Crippen LogP contribution >= 0.6 is 0 Å². The Bertz CT molecular complexity index is 1150. The number of aromatic nitrogens is 3. The number of hydrogen-bond acceptors (Lipinski definition) is 7. The molecular weight excluding hydrogens is 427 g/mol. The highest BCUT2D eigenvalue weighted by atomic mass is 19.4. The Kier molecular flexibility index (Phi) is 6.37. The summed E-state index contributed by atoms with van der Waals surface area (Å²) in [6.07, 6.45) is -3.50. The lowest BCUT2D eigenvalue weighted by Gasteiger charge is -2.13. The number of nitrogens with zero attached hydrogens (tertiary/aromatic N) is 3. The Morgan fingerprint density at radius 2 is 1.78 bits per heavy atom. The largest absolute Gasteiger partial charge is 0.439 e. The van der Waals surface area contributed by atoms with Gasteiger partial charge < -0.3 is 15.8 Å². The van der Waals surface area contributed by atoms with Gasteiger partial charge in [-0.15, -0.1) is 0 Å². The first kappa shape index (κ1) is 22.7. The fourth-order valence-corrected chi connectivity index (χ4v) is 2.56. The molecule has 2 aromatic heterocycles. The third-order valence-corrected chi connectivity index (χ3v) is 4.28. The number of carbonyl (C=O) groups excluding carboxylic acids is 2. The molecule has 8 nitrogen and oxygen atoms in total. The van der Waals surface area contributed by atoms with Crippen molar-refractivity contribution < 1.29 is 27.5 Å². The van der Waals surface area contributed by atoms with Crippen LogP contribution in [0, 0.1) is 0 Å². The van der Waals surface area contributed by atoms with Gasteiger partial charge >= 0.3 is 6.18 Å². The number of nitrogens with two attached hydrogens (primary N) is 1. The average molecular weight is 445 g/mol. The van der Waals surface area contributed by atoms with Crippen molar-refractivity contribution in [2.45, 2.75) is 26.1 Å². The van der Waals surface area contributed by atoms with E-state index in [1.165, 1.54) is 25.1 Å². The molecule has 11 heteroatoms. The zero-order valence-corrected chi connectivity index (χ0v) is 17.0. The normalized spacial score (nSPS) is 12.2. The van der Waals surface area contributed by atoms with E-state index in [1.807, 2.05) is 0 Å². The molecule has 0 aliphatic rings. The van der Waals surface area contributed by atoms with Crippen molar-refractivity contribution in [3.8, 4) is 23.0 Å². The predicted molar refractivity (Wildman–Crippen MR) is 109 cm³/mol. The van der Waals surface area contributed by atoms with Gasteiger partial charge in [0.1, 0.15) is 23.3 Å². The molecule has 0 spiro atoms. The third-order valence-electron chi connectivity index (χ3n) is 4.28. The number of Topliss-reactive ketones (excluding diaryl/α,β-unsaturated/α-hetero) is 1. The fraction of sp³-hybridized carbons (Fsp3) is 0.190. The first-order chi connectivity index (χ1) is 15.0. The maximum absolute atomic E-state index is 12.8. The second-order valence-corrected chi connectivity index (χ2v) is 6.79. The first-order valence-corrected chi connectivity index (χ1v) is 9.30. The number of rotatable bonds is 7. The van der Waals surface area contributed by atoms with Crippen molar-refractivity contribution in [3.05, 3.63) is 59.9 Å². The number of amides is 1. The number of ether oxygens (including phenoxy) is 1. The van der Waals surface area contributed by atoms with E-state index >= 15 is 0 Å². The summed E-state index contributed by atoms with van der Waals surface area (Å²) < 4.78 is 43.9. The molecule has 2 heterocycles. The molecule has 1 atom stereocenters. The summed E-state index contributed by atoms with van der Waals surface area (Å²) in [7, 11) is 0.